The predicted octanol–water partition coefficient (Wildman–Crippen LogP) is 4.43. The molecule has 0 bridgehead atoms. The van der Waals surface area contributed by atoms with Gasteiger partial charge >= 0.3 is 5.69 Å². The number of hydrogen-bond donors (Lipinski definition) is 3. The molecule has 9 heteroatoms. The highest BCUT2D eigenvalue weighted by Crippen LogP contribution is 2.27. The monoisotopic (exact) mass is 538 g/mol. The predicted molar refractivity (Wildman–Crippen MR) is 156 cm³/mol. The lowest BCUT2D eigenvalue weighted by Crippen LogP contribution is -2.33. The van der Waals surface area contributed by atoms with E-state index < -0.39 is 17.1 Å². The lowest BCUT2D eigenvalue weighted by atomic mass is 10.0. The Balaban J connectivity index is 1.61. The van der Waals surface area contributed by atoms with Crippen LogP contribution in [0.1, 0.15) is 27.9 Å². The molecule has 9 nitrogen and oxygen atoms in total. The lowest BCUT2D eigenvalue weighted by Gasteiger charge is -2.14. The zero-order valence-corrected chi connectivity index (χ0v) is 22.7. The molecular formula is C31H30N4O5. The number of aromatic hydroxyl groups is 1. The van der Waals surface area contributed by atoms with Crippen LogP contribution in [0.25, 0.3) is 16.6 Å². The number of benzene rings is 3. The van der Waals surface area contributed by atoms with Crippen molar-refractivity contribution in [2.75, 3.05) is 20.8 Å². The van der Waals surface area contributed by atoms with Crippen LogP contribution >= 0.6 is 0 Å². The summed E-state index contributed by atoms with van der Waals surface area (Å²) < 4.78 is 11.7. The number of H-pyrrole nitrogens is 2. The van der Waals surface area contributed by atoms with E-state index in [0.717, 1.165) is 38.0 Å². The van der Waals surface area contributed by atoms with Crippen molar-refractivity contribution in [1.82, 2.24) is 14.5 Å². The minimum Gasteiger partial charge on any atom is -0.497 e. The van der Waals surface area contributed by atoms with Crippen LogP contribution in [0.4, 0.5) is 0 Å². The Morgan fingerprint density at radius 2 is 1.57 bits per heavy atom. The average molecular weight is 539 g/mol. The smallest absolute Gasteiger partial charge is 0.335 e. The first-order valence-electron chi connectivity index (χ1n) is 12.8. The standard InChI is InChI=1S/C31H30N4O5/c1-18-5-7-20(8-6-18)28(32-16-15-24-19(2)33-26-14-13-23(40-4)17-25(24)26)27-29(36)34-31(38)35(30(27)37)21-9-11-22(39-3)12-10-21/h5-14,17,33,37H,15-16H2,1-4H3,(H,34,36,38). The molecule has 5 rings (SSSR count). The lowest BCUT2D eigenvalue weighted by molar-refractivity contribution is 0.414. The summed E-state index contributed by atoms with van der Waals surface area (Å²) in [6.07, 6.45) is 0.575. The van der Waals surface area contributed by atoms with Crippen LogP contribution in [0.15, 0.2) is 81.3 Å². The fourth-order valence-corrected chi connectivity index (χ4v) is 4.83. The summed E-state index contributed by atoms with van der Waals surface area (Å²) >= 11 is 0. The first-order chi connectivity index (χ1) is 19.3. The number of aromatic nitrogens is 3. The van der Waals surface area contributed by atoms with E-state index in [1.54, 1.807) is 31.4 Å². The van der Waals surface area contributed by atoms with Crippen LogP contribution in [0.2, 0.25) is 0 Å². The van der Waals surface area contributed by atoms with Gasteiger partial charge in [-0.3, -0.25) is 14.8 Å². The molecule has 0 aliphatic heterocycles. The summed E-state index contributed by atoms with van der Waals surface area (Å²) in [5, 5.41) is 12.4. The molecule has 0 saturated heterocycles. The maximum Gasteiger partial charge on any atom is 0.335 e. The third kappa shape index (κ3) is 5.01. The molecule has 0 saturated carbocycles. The van der Waals surface area contributed by atoms with Crippen LogP contribution in [0.5, 0.6) is 17.4 Å². The van der Waals surface area contributed by atoms with E-state index in [2.05, 4.69) is 9.97 Å². The minimum atomic E-state index is -0.761. The number of methoxy groups -OCH3 is 2. The van der Waals surface area contributed by atoms with Crippen LogP contribution < -0.4 is 20.7 Å². The zero-order valence-electron chi connectivity index (χ0n) is 22.7. The van der Waals surface area contributed by atoms with Gasteiger partial charge in [0, 0.05) is 28.7 Å². The molecule has 0 atom stereocenters. The number of ether oxygens (including phenoxy) is 2. The van der Waals surface area contributed by atoms with Gasteiger partial charge in [-0.15, -0.1) is 0 Å². The molecule has 2 aromatic heterocycles. The van der Waals surface area contributed by atoms with Gasteiger partial charge in [0.2, 0.25) is 5.88 Å². The summed E-state index contributed by atoms with van der Waals surface area (Å²) in [6.45, 7) is 4.30. The number of aliphatic imine (C=N–C) groups is 1. The molecule has 0 unspecified atom stereocenters. The zero-order chi connectivity index (χ0) is 28.4. The number of nitrogens with zero attached hydrogens (tertiary/aromatic N) is 2. The number of aryl methyl sites for hydroxylation is 2. The Kier molecular flexibility index (Phi) is 7.29. The Bertz CT molecular complexity index is 1830. The highest BCUT2D eigenvalue weighted by molar-refractivity contribution is 6.14. The van der Waals surface area contributed by atoms with Crippen molar-refractivity contribution in [2.24, 2.45) is 4.99 Å². The highest BCUT2D eigenvalue weighted by atomic mass is 16.5. The van der Waals surface area contributed by atoms with Crippen molar-refractivity contribution in [2.45, 2.75) is 20.3 Å². The molecule has 3 aromatic carbocycles. The van der Waals surface area contributed by atoms with Crippen molar-refractivity contribution in [3.8, 4) is 23.1 Å². The van der Waals surface area contributed by atoms with Gasteiger partial charge in [-0.25, -0.2) is 9.36 Å². The third-order valence-electron chi connectivity index (χ3n) is 6.94. The first kappa shape index (κ1) is 26.6. The SMILES string of the molecule is COc1ccc(-n2c(O)c(C(=NCCc3c(C)[nH]c4ccc(OC)cc34)c3ccc(C)cc3)c(=O)[nH]c2=O)cc1. The molecule has 0 amide bonds. The van der Waals surface area contributed by atoms with Gasteiger partial charge in [0.25, 0.3) is 5.56 Å². The van der Waals surface area contributed by atoms with Crippen molar-refractivity contribution < 1.29 is 14.6 Å². The van der Waals surface area contributed by atoms with E-state index in [1.165, 1.54) is 7.11 Å². The average Bonchev–Trinajstić information content (AvgIpc) is 3.26. The van der Waals surface area contributed by atoms with Crippen LogP contribution in [0, 0.1) is 13.8 Å². The van der Waals surface area contributed by atoms with E-state index >= 15 is 0 Å². The van der Waals surface area contributed by atoms with E-state index in [-0.39, 0.29) is 11.3 Å². The number of hydrogen-bond acceptors (Lipinski definition) is 6. The molecule has 204 valence electrons. The summed E-state index contributed by atoms with van der Waals surface area (Å²) in [4.78, 5) is 36.6. The molecule has 2 heterocycles. The maximum absolute atomic E-state index is 13.2. The topological polar surface area (TPSA) is 122 Å². The van der Waals surface area contributed by atoms with Gasteiger partial charge < -0.3 is 19.6 Å². The minimum absolute atomic E-state index is 0.0865. The Labute approximate surface area is 230 Å². The van der Waals surface area contributed by atoms with Gasteiger partial charge in [-0.2, -0.15) is 0 Å². The first-order valence-corrected chi connectivity index (χ1v) is 12.8. The Morgan fingerprint density at radius 1 is 0.900 bits per heavy atom. The van der Waals surface area contributed by atoms with Gasteiger partial charge in [-0.05, 0) is 68.3 Å². The molecule has 5 aromatic rings. The molecule has 0 spiro atoms. The van der Waals surface area contributed by atoms with E-state index in [4.69, 9.17) is 14.5 Å². The van der Waals surface area contributed by atoms with Crippen LogP contribution in [-0.4, -0.2) is 46.1 Å². The number of rotatable bonds is 8. The molecule has 0 aliphatic carbocycles. The molecule has 40 heavy (non-hydrogen) atoms. The second kappa shape index (κ2) is 11.0. The fourth-order valence-electron chi connectivity index (χ4n) is 4.83. The second-order valence-electron chi connectivity index (χ2n) is 9.48. The quantitative estimate of drug-likeness (QED) is 0.253. The van der Waals surface area contributed by atoms with Gasteiger partial charge in [0.05, 0.1) is 25.6 Å². The highest BCUT2D eigenvalue weighted by Gasteiger charge is 2.22. The van der Waals surface area contributed by atoms with Crippen molar-refractivity contribution in [3.63, 3.8) is 0 Å². The molecule has 3 N–H and O–H groups in total. The fraction of sp³-hybridized carbons (Fsp3) is 0.194. The summed E-state index contributed by atoms with van der Waals surface area (Å²) in [7, 11) is 3.17. The number of fused-ring (bicyclic) bond motifs is 1. The largest absolute Gasteiger partial charge is 0.497 e. The van der Waals surface area contributed by atoms with Gasteiger partial charge in [0.1, 0.15) is 17.1 Å². The van der Waals surface area contributed by atoms with E-state index in [0.29, 0.717) is 30.0 Å². The number of aromatic amines is 2. The van der Waals surface area contributed by atoms with Crippen molar-refractivity contribution in [1.29, 1.82) is 0 Å². The molecule has 0 aliphatic rings. The second-order valence-corrected chi connectivity index (χ2v) is 9.48. The Hall–Kier alpha value is -5.05. The summed E-state index contributed by atoms with van der Waals surface area (Å²) in [5.41, 5.74) is 3.86. The van der Waals surface area contributed by atoms with Crippen molar-refractivity contribution in [3.05, 3.63) is 116 Å². The van der Waals surface area contributed by atoms with E-state index in [9.17, 15) is 14.7 Å². The van der Waals surface area contributed by atoms with Crippen molar-refractivity contribution >= 4 is 16.6 Å². The molecule has 0 fully saturated rings. The van der Waals surface area contributed by atoms with Gasteiger partial charge in [-0.1, -0.05) is 29.8 Å². The molecule has 0 radical (unpaired) electrons. The van der Waals surface area contributed by atoms with Crippen LogP contribution in [0.3, 0.4) is 0 Å². The summed E-state index contributed by atoms with van der Waals surface area (Å²) in [6, 6.07) is 20.0. The van der Waals surface area contributed by atoms with Crippen LogP contribution in [-0.2, 0) is 6.42 Å². The summed E-state index contributed by atoms with van der Waals surface area (Å²) in [5.74, 6) is 0.855. The number of nitrogens with one attached hydrogen (secondary N) is 2. The van der Waals surface area contributed by atoms with E-state index in [1.807, 2.05) is 56.3 Å². The third-order valence-corrected chi connectivity index (χ3v) is 6.94. The van der Waals surface area contributed by atoms with Gasteiger partial charge in [0.15, 0.2) is 0 Å². The normalized spacial score (nSPS) is 11.7. The molecular weight excluding hydrogens is 508 g/mol. The maximum atomic E-state index is 13.2. The Morgan fingerprint density at radius 3 is 2.25 bits per heavy atom.